The number of hydrogen-bond donors (Lipinski definition) is 0. The summed E-state index contributed by atoms with van der Waals surface area (Å²) in [6, 6.07) is 1.95. The van der Waals surface area contributed by atoms with E-state index in [2.05, 4.69) is 6.92 Å². The van der Waals surface area contributed by atoms with Gasteiger partial charge in [-0.15, -0.1) is 11.3 Å². The van der Waals surface area contributed by atoms with Gasteiger partial charge in [-0.1, -0.05) is 64.7 Å². The molecule has 0 N–H and O–H groups in total. The van der Waals surface area contributed by atoms with Crippen molar-refractivity contribution in [3.63, 3.8) is 0 Å². The lowest BCUT2D eigenvalue weighted by atomic mass is 10.0. The molecule has 0 amide bonds. The highest BCUT2D eigenvalue weighted by molar-refractivity contribution is 7.53. The standard InChI is InChI=1S/C22H39O4PS/c1-4-7-8-9-10-11-12-13-14-15-16-20-17-21(18-23)28-22(20)19-27(24,25-5-2)26-6-3/h17-18H,4-16,19H2,1-3H3. The van der Waals surface area contributed by atoms with Crippen LogP contribution in [0.15, 0.2) is 6.07 Å². The van der Waals surface area contributed by atoms with Gasteiger partial charge >= 0.3 is 7.60 Å². The summed E-state index contributed by atoms with van der Waals surface area (Å²) in [7, 11) is -3.14. The Kier molecular flexibility index (Phi) is 14.0. The van der Waals surface area contributed by atoms with Gasteiger partial charge in [0.25, 0.3) is 0 Å². The minimum atomic E-state index is -3.14. The maximum Gasteiger partial charge on any atom is 0.335 e. The number of hydrogen-bond acceptors (Lipinski definition) is 5. The lowest BCUT2D eigenvalue weighted by Crippen LogP contribution is -1.99. The highest BCUT2D eigenvalue weighted by atomic mass is 32.1. The summed E-state index contributed by atoms with van der Waals surface area (Å²) in [6.45, 7) is 6.61. The number of unbranched alkanes of at least 4 members (excludes halogenated alkanes) is 9. The van der Waals surface area contributed by atoms with Gasteiger partial charge in [0.15, 0.2) is 6.29 Å². The Bertz CT molecular complexity index is 575. The molecular weight excluding hydrogens is 391 g/mol. The van der Waals surface area contributed by atoms with Gasteiger partial charge in [0.2, 0.25) is 0 Å². The van der Waals surface area contributed by atoms with Crippen molar-refractivity contribution in [3.05, 3.63) is 21.4 Å². The fourth-order valence-electron chi connectivity index (χ4n) is 3.39. The molecule has 0 aromatic carbocycles. The van der Waals surface area contributed by atoms with Crippen LogP contribution in [0.5, 0.6) is 0 Å². The Morgan fingerprint density at radius 2 is 1.43 bits per heavy atom. The minimum absolute atomic E-state index is 0.264. The van der Waals surface area contributed by atoms with Crippen molar-refractivity contribution >= 4 is 25.2 Å². The summed E-state index contributed by atoms with van der Waals surface area (Å²) < 4.78 is 23.7. The average Bonchev–Trinajstić information content (AvgIpc) is 3.05. The normalized spacial score (nSPS) is 11.8. The van der Waals surface area contributed by atoms with Crippen molar-refractivity contribution in [1.82, 2.24) is 0 Å². The lowest BCUT2D eigenvalue weighted by Gasteiger charge is -2.17. The van der Waals surface area contributed by atoms with E-state index in [0.29, 0.717) is 18.1 Å². The number of aldehydes is 1. The molecule has 0 aliphatic rings. The summed E-state index contributed by atoms with van der Waals surface area (Å²) in [6.07, 6.45) is 15.1. The third-order valence-corrected chi connectivity index (χ3v) is 8.14. The third kappa shape index (κ3) is 10.3. The summed E-state index contributed by atoms with van der Waals surface area (Å²) in [4.78, 5) is 12.9. The molecule has 0 radical (unpaired) electrons. The molecule has 1 heterocycles. The molecule has 0 saturated carbocycles. The number of aryl methyl sites for hydroxylation is 1. The molecular formula is C22H39O4PS. The van der Waals surface area contributed by atoms with Gasteiger partial charge in [-0.25, -0.2) is 0 Å². The van der Waals surface area contributed by atoms with Gasteiger partial charge in [-0.3, -0.25) is 9.36 Å². The van der Waals surface area contributed by atoms with Crippen LogP contribution < -0.4 is 0 Å². The van der Waals surface area contributed by atoms with E-state index in [0.717, 1.165) is 29.6 Å². The zero-order chi connectivity index (χ0) is 20.7. The van der Waals surface area contributed by atoms with Crippen molar-refractivity contribution in [2.24, 2.45) is 0 Å². The van der Waals surface area contributed by atoms with Crippen LogP contribution in [0.4, 0.5) is 0 Å². The maximum absolute atomic E-state index is 12.8. The Hall–Kier alpha value is -0.480. The van der Waals surface area contributed by atoms with E-state index in [9.17, 15) is 9.36 Å². The molecule has 1 aromatic rings. The van der Waals surface area contributed by atoms with E-state index in [1.807, 2.05) is 19.9 Å². The molecule has 1 rings (SSSR count). The predicted octanol–water partition coefficient (Wildman–Crippen LogP) is 7.79. The van der Waals surface area contributed by atoms with E-state index < -0.39 is 7.60 Å². The van der Waals surface area contributed by atoms with E-state index in [-0.39, 0.29) is 6.16 Å². The van der Waals surface area contributed by atoms with Crippen LogP contribution in [-0.2, 0) is 26.2 Å². The van der Waals surface area contributed by atoms with Crippen LogP contribution in [0.25, 0.3) is 0 Å². The van der Waals surface area contributed by atoms with E-state index in [1.54, 1.807) is 0 Å². The fraction of sp³-hybridized carbons (Fsp3) is 0.773. The van der Waals surface area contributed by atoms with Crippen LogP contribution in [0.2, 0.25) is 0 Å². The first-order valence-corrected chi connectivity index (χ1v) is 13.6. The molecule has 0 aliphatic heterocycles. The molecule has 1 aromatic heterocycles. The van der Waals surface area contributed by atoms with Gasteiger partial charge in [0.1, 0.15) is 0 Å². The maximum atomic E-state index is 12.8. The molecule has 0 aliphatic carbocycles. The first-order chi connectivity index (χ1) is 13.6. The Morgan fingerprint density at radius 1 is 0.893 bits per heavy atom. The van der Waals surface area contributed by atoms with E-state index in [1.165, 1.54) is 69.1 Å². The van der Waals surface area contributed by atoms with Crippen LogP contribution in [0, 0.1) is 0 Å². The monoisotopic (exact) mass is 430 g/mol. The van der Waals surface area contributed by atoms with Gasteiger partial charge in [-0.2, -0.15) is 0 Å². The molecule has 6 heteroatoms. The highest BCUT2D eigenvalue weighted by Crippen LogP contribution is 2.52. The van der Waals surface area contributed by atoms with Crippen LogP contribution in [0.3, 0.4) is 0 Å². The molecule has 162 valence electrons. The largest absolute Gasteiger partial charge is 0.335 e. The first kappa shape index (κ1) is 25.6. The SMILES string of the molecule is CCCCCCCCCCCCc1cc(C=O)sc1CP(=O)(OCC)OCC. The number of carbonyl (C=O) groups excluding carboxylic acids is 1. The average molecular weight is 431 g/mol. The number of thiophene rings is 1. The van der Waals surface area contributed by atoms with Crippen molar-refractivity contribution in [2.75, 3.05) is 13.2 Å². The Morgan fingerprint density at radius 3 is 1.93 bits per heavy atom. The summed E-state index contributed by atoms with van der Waals surface area (Å²) in [5.41, 5.74) is 1.13. The Labute approximate surface area is 175 Å². The third-order valence-electron chi connectivity index (χ3n) is 4.82. The van der Waals surface area contributed by atoms with E-state index in [4.69, 9.17) is 9.05 Å². The zero-order valence-electron chi connectivity index (χ0n) is 18.0. The molecule has 28 heavy (non-hydrogen) atoms. The zero-order valence-corrected chi connectivity index (χ0v) is 19.8. The second-order valence-electron chi connectivity index (χ2n) is 7.25. The minimum Gasteiger partial charge on any atom is -0.309 e. The molecule has 0 spiro atoms. The molecule has 0 bridgehead atoms. The van der Waals surface area contributed by atoms with Crippen molar-refractivity contribution in [3.8, 4) is 0 Å². The van der Waals surface area contributed by atoms with Crippen LogP contribution in [0.1, 0.15) is 105 Å². The molecule has 4 nitrogen and oxygen atoms in total. The number of rotatable bonds is 18. The summed E-state index contributed by atoms with van der Waals surface area (Å²) >= 11 is 1.42. The number of carbonyl (C=O) groups is 1. The molecule has 0 unspecified atom stereocenters. The van der Waals surface area contributed by atoms with Crippen molar-refractivity contribution in [1.29, 1.82) is 0 Å². The van der Waals surface area contributed by atoms with Crippen LogP contribution >= 0.6 is 18.9 Å². The predicted molar refractivity (Wildman–Crippen MR) is 120 cm³/mol. The first-order valence-electron chi connectivity index (χ1n) is 11.0. The van der Waals surface area contributed by atoms with Crippen molar-refractivity contribution in [2.45, 2.75) is 97.6 Å². The van der Waals surface area contributed by atoms with Crippen LogP contribution in [-0.4, -0.2) is 19.5 Å². The van der Waals surface area contributed by atoms with Gasteiger partial charge in [0.05, 0.1) is 24.3 Å². The van der Waals surface area contributed by atoms with Crippen molar-refractivity contribution < 1.29 is 18.4 Å². The highest BCUT2D eigenvalue weighted by Gasteiger charge is 2.26. The lowest BCUT2D eigenvalue weighted by molar-refractivity contribution is 0.112. The second-order valence-corrected chi connectivity index (χ2v) is 10.5. The van der Waals surface area contributed by atoms with Gasteiger partial charge in [-0.05, 0) is 38.3 Å². The molecule has 0 atom stereocenters. The van der Waals surface area contributed by atoms with E-state index >= 15 is 0 Å². The Balaban J connectivity index is 2.43. The smallest absolute Gasteiger partial charge is 0.309 e. The topological polar surface area (TPSA) is 52.6 Å². The van der Waals surface area contributed by atoms with Gasteiger partial charge < -0.3 is 9.05 Å². The quantitative estimate of drug-likeness (QED) is 0.135. The molecule has 0 fully saturated rings. The fourth-order valence-corrected chi connectivity index (χ4v) is 6.55. The second kappa shape index (κ2) is 15.4. The van der Waals surface area contributed by atoms with Gasteiger partial charge in [0, 0.05) is 4.88 Å². The summed E-state index contributed by atoms with van der Waals surface area (Å²) in [5.74, 6) is 0. The summed E-state index contributed by atoms with van der Waals surface area (Å²) in [5, 5.41) is 0. The molecule has 0 saturated heterocycles.